The molecule has 0 bridgehead atoms. The molecule has 1 aliphatic heterocycles. The van der Waals surface area contributed by atoms with Gasteiger partial charge in [-0.15, -0.1) is 0 Å². The van der Waals surface area contributed by atoms with Gasteiger partial charge in [0.1, 0.15) is 24.4 Å². The summed E-state index contributed by atoms with van der Waals surface area (Å²) < 4.78 is 4.58. The molecule has 5 atom stereocenters. The first-order valence-electron chi connectivity index (χ1n) is 3.56. The van der Waals surface area contributed by atoms with Gasteiger partial charge in [0.2, 0.25) is 0 Å². The maximum absolute atomic E-state index is 9.12. The van der Waals surface area contributed by atoms with E-state index in [0.717, 1.165) is 0 Å². The number of hydrogen-bond donors (Lipinski definition) is 5. The first kappa shape index (κ1) is 12.8. The minimum absolute atomic E-state index is 0. The van der Waals surface area contributed by atoms with Crippen LogP contribution in [0.25, 0.3) is 0 Å². The van der Waals surface area contributed by atoms with Crippen LogP contribution in [0.4, 0.5) is 0 Å². The third-order valence-corrected chi connectivity index (χ3v) is 1.87. The quantitative estimate of drug-likeness (QED) is 0.318. The van der Waals surface area contributed by atoms with Gasteiger partial charge in [-0.05, 0) is 0 Å². The third-order valence-electron chi connectivity index (χ3n) is 1.87. The fourth-order valence-corrected chi connectivity index (χ4v) is 1.08. The van der Waals surface area contributed by atoms with Crippen LogP contribution in [0.5, 0.6) is 0 Å². The van der Waals surface area contributed by atoms with E-state index in [9.17, 15) is 0 Å². The highest BCUT2D eigenvalue weighted by molar-refractivity contribution is 4.87. The van der Waals surface area contributed by atoms with Gasteiger partial charge >= 0.3 is 1.43 Å². The summed E-state index contributed by atoms with van der Waals surface area (Å²) in [6.45, 7) is -0.526. The van der Waals surface area contributed by atoms with E-state index in [0.29, 0.717) is 0 Å². The molecule has 1 aliphatic rings. The van der Waals surface area contributed by atoms with Crippen molar-refractivity contribution in [1.82, 2.24) is 0 Å². The van der Waals surface area contributed by atoms with Gasteiger partial charge in [-0.2, -0.15) is 0 Å². The molecule has 2 unspecified atom stereocenters. The SMILES string of the molecule is C.OCC1O[C@H](O)[C@@H](O)C(O)[C@H]1O.[H+]. The zero-order valence-electron chi connectivity index (χ0n) is 7.24. The molecule has 0 aromatic carbocycles. The summed E-state index contributed by atoms with van der Waals surface area (Å²) in [6.07, 6.45) is -7.04. The van der Waals surface area contributed by atoms with Crippen molar-refractivity contribution in [3.63, 3.8) is 0 Å². The van der Waals surface area contributed by atoms with Gasteiger partial charge in [0, 0.05) is 0 Å². The number of hydrogen-bond acceptors (Lipinski definition) is 6. The second kappa shape index (κ2) is 4.85. The molecule has 13 heavy (non-hydrogen) atoms. The normalized spacial score (nSPS) is 45.5. The van der Waals surface area contributed by atoms with E-state index >= 15 is 0 Å². The van der Waals surface area contributed by atoms with Gasteiger partial charge in [-0.1, -0.05) is 7.43 Å². The number of rotatable bonds is 1. The zero-order chi connectivity index (χ0) is 9.30. The molecule has 0 spiro atoms. The van der Waals surface area contributed by atoms with Crippen molar-refractivity contribution in [2.24, 2.45) is 0 Å². The van der Waals surface area contributed by atoms with Gasteiger partial charge in [0.25, 0.3) is 0 Å². The molecule has 1 heterocycles. The second-order valence-electron chi connectivity index (χ2n) is 2.72. The van der Waals surface area contributed by atoms with E-state index in [1.165, 1.54) is 0 Å². The highest BCUT2D eigenvalue weighted by Gasteiger charge is 2.42. The Kier molecular flexibility index (Phi) is 4.76. The lowest BCUT2D eigenvalue weighted by molar-refractivity contribution is -0.286. The van der Waals surface area contributed by atoms with E-state index in [4.69, 9.17) is 25.5 Å². The van der Waals surface area contributed by atoms with Crippen LogP contribution in [-0.2, 0) is 4.74 Å². The van der Waals surface area contributed by atoms with E-state index < -0.39 is 37.3 Å². The zero-order valence-corrected chi connectivity index (χ0v) is 6.24. The predicted octanol–water partition coefficient (Wildman–Crippen LogP) is -2.47. The van der Waals surface area contributed by atoms with Crippen molar-refractivity contribution in [1.29, 1.82) is 0 Å². The maximum atomic E-state index is 9.12. The number of ether oxygens (including phenoxy) is 1. The van der Waals surface area contributed by atoms with Crippen molar-refractivity contribution in [2.75, 3.05) is 6.61 Å². The van der Waals surface area contributed by atoms with E-state index in [1.54, 1.807) is 0 Å². The van der Waals surface area contributed by atoms with Gasteiger partial charge in [0.05, 0.1) is 6.61 Å². The molecule has 0 aromatic rings. The summed E-state index contributed by atoms with van der Waals surface area (Å²) in [5.41, 5.74) is 0. The van der Waals surface area contributed by atoms with Gasteiger partial charge in [-0.25, -0.2) is 0 Å². The Morgan fingerprint density at radius 3 is 2.00 bits per heavy atom. The van der Waals surface area contributed by atoms with Crippen LogP contribution >= 0.6 is 0 Å². The van der Waals surface area contributed by atoms with Crippen LogP contribution in [-0.4, -0.2) is 62.8 Å². The average Bonchev–Trinajstić information content (AvgIpc) is 2.08. The summed E-state index contributed by atoms with van der Waals surface area (Å²) in [7, 11) is 0. The Bertz CT molecular complexity index is 152. The third kappa shape index (κ3) is 2.37. The summed E-state index contributed by atoms with van der Waals surface area (Å²) in [5, 5.41) is 44.7. The van der Waals surface area contributed by atoms with Crippen LogP contribution in [0, 0.1) is 0 Å². The van der Waals surface area contributed by atoms with Crippen molar-refractivity contribution in [3.8, 4) is 0 Å². The molecule has 0 aliphatic carbocycles. The number of aliphatic hydroxyl groups is 5. The van der Waals surface area contributed by atoms with E-state index in [2.05, 4.69) is 4.74 Å². The minimum atomic E-state index is -1.57. The summed E-state index contributed by atoms with van der Waals surface area (Å²) >= 11 is 0. The molecule has 0 amide bonds. The number of aliphatic hydroxyl groups excluding tert-OH is 5. The van der Waals surface area contributed by atoms with Crippen LogP contribution in [0.1, 0.15) is 8.85 Å². The molecule has 0 radical (unpaired) electrons. The summed E-state index contributed by atoms with van der Waals surface area (Å²) in [4.78, 5) is 0. The lowest BCUT2D eigenvalue weighted by Gasteiger charge is -2.37. The monoisotopic (exact) mass is 197 g/mol. The predicted molar refractivity (Wildman–Crippen MR) is 43.8 cm³/mol. The van der Waals surface area contributed by atoms with Crippen LogP contribution in [0.3, 0.4) is 0 Å². The Balaban J connectivity index is 0. The van der Waals surface area contributed by atoms with E-state index in [1.807, 2.05) is 0 Å². The highest BCUT2D eigenvalue weighted by Crippen LogP contribution is 2.18. The van der Waals surface area contributed by atoms with Crippen molar-refractivity contribution >= 4 is 0 Å². The highest BCUT2D eigenvalue weighted by atomic mass is 16.6. The van der Waals surface area contributed by atoms with Crippen LogP contribution in [0.2, 0.25) is 0 Å². The minimum Gasteiger partial charge on any atom is -0.394 e. The van der Waals surface area contributed by atoms with Gasteiger partial charge in [0.15, 0.2) is 6.29 Å². The van der Waals surface area contributed by atoms with Crippen molar-refractivity contribution in [2.45, 2.75) is 38.1 Å². The molecule has 0 aromatic heterocycles. The molecule has 80 valence electrons. The first-order chi connectivity index (χ1) is 5.57. The molecule has 5 N–H and O–H groups in total. The van der Waals surface area contributed by atoms with Gasteiger partial charge in [-0.3, -0.25) is 0 Å². The Hall–Kier alpha value is -0.240. The summed E-state index contributed by atoms with van der Waals surface area (Å²) in [6, 6.07) is 0. The molecule has 1 rings (SSSR count). The van der Waals surface area contributed by atoms with Gasteiger partial charge < -0.3 is 30.3 Å². The van der Waals surface area contributed by atoms with Crippen LogP contribution < -0.4 is 0 Å². The van der Waals surface area contributed by atoms with Crippen LogP contribution in [0.15, 0.2) is 0 Å². The Morgan fingerprint density at radius 2 is 1.54 bits per heavy atom. The van der Waals surface area contributed by atoms with Crippen molar-refractivity contribution in [3.05, 3.63) is 0 Å². The summed E-state index contributed by atoms with van der Waals surface area (Å²) in [5.74, 6) is 0. The molecular formula is C7H17O6+. The fourth-order valence-electron chi connectivity index (χ4n) is 1.08. The standard InChI is InChI=1S/C6H12O6.CH4/c7-1-2-3(8)4(9)5(10)6(11)12-2;/h2-11H,1H2;1H4/p+1/t2?,3-,4?,5-,6-;/m0./s1. The largest absolute Gasteiger partial charge is 1.00 e. The Labute approximate surface area is 77.5 Å². The molecular weight excluding hydrogens is 180 g/mol. The molecule has 6 heteroatoms. The topological polar surface area (TPSA) is 110 Å². The lowest BCUT2D eigenvalue weighted by Crippen LogP contribution is -2.58. The fraction of sp³-hybridized carbons (Fsp3) is 1.00. The molecule has 0 saturated carbocycles. The molecule has 1 fully saturated rings. The first-order valence-corrected chi connectivity index (χ1v) is 3.56. The smallest absolute Gasteiger partial charge is 0.394 e. The second-order valence-corrected chi connectivity index (χ2v) is 2.72. The molecule has 6 nitrogen and oxygen atoms in total. The maximum Gasteiger partial charge on any atom is 1.00 e. The van der Waals surface area contributed by atoms with Crippen molar-refractivity contribution < 1.29 is 31.7 Å². The Morgan fingerprint density at radius 1 is 1.00 bits per heavy atom. The van der Waals surface area contributed by atoms with E-state index in [-0.39, 0.29) is 8.85 Å². The average molecular weight is 197 g/mol. The lowest BCUT2D eigenvalue weighted by atomic mass is 10.00. The molecule has 1 saturated heterocycles.